The first kappa shape index (κ1) is 13.6. The predicted molar refractivity (Wildman–Crippen MR) is 83.6 cm³/mol. The van der Waals surface area contributed by atoms with Crippen LogP contribution in [0, 0.1) is 11.8 Å². The molecule has 0 spiro atoms. The molecule has 3 atom stereocenters. The summed E-state index contributed by atoms with van der Waals surface area (Å²) in [7, 11) is 0. The van der Waals surface area contributed by atoms with Crippen LogP contribution in [-0.4, -0.2) is 6.04 Å². The Morgan fingerprint density at radius 3 is 2.84 bits per heavy atom. The van der Waals surface area contributed by atoms with E-state index < -0.39 is 0 Å². The van der Waals surface area contributed by atoms with Crippen LogP contribution in [0.25, 0.3) is 0 Å². The minimum absolute atomic E-state index is 0.605. The molecule has 0 bridgehead atoms. The summed E-state index contributed by atoms with van der Waals surface area (Å²) in [5.74, 6) is 2.13. The molecule has 0 radical (unpaired) electrons. The summed E-state index contributed by atoms with van der Waals surface area (Å²) in [6, 6.07) is 5.88. The fraction of sp³-hybridized carbons (Fsp3) is 0.765. The third kappa shape index (κ3) is 3.61. The molecular formula is C17H27NS. The second kappa shape index (κ2) is 6.41. The second-order valence-electron chi connectivity index (χ2n) is 6.48. The minimum atomic E-state index is 0.605. The first-order chi connectivity index (χ1) is 9.36. The van der Waals surface area contributed by atoms with Gasteiger partial charge in [-0.15, -0.1) is 11.3 Å². The number of nitrogens with one attached hydrogen (secondary N) is 1. The molecule has 19 heavy (non-hydrogen) atoms. The van der Waals surface area contributed by atoms with Gasteiger partial charge in [0.2, 0.25) is 0 Å². The van der Waals surface area contributed by atoms with Gasteiger partial charge in [0.25, 0.3) is 0 Å². The van der Waals surface area contributed by atoms with Crippen molar-refractivity contribution < 1.29 is 0 Å². The van der Waals surface area contributed by atoms with E-state index in [1.807, 2.05) is 11.3 Å². The van der Waals surface area contributed by atoms with Crippen molar-refractivity contribution in [2.75, 3.05) is 0 Å². The largest absolute Gasteiger partial charge is 0.306 e. The average molecular weight is 277 g/mol. The molecule has 0 aliphatic heterocycles. The highest BCUT2D eigenvalue weighted by atomic mass is 32.1. The third-order valence-corrected chi connectivity index (χ3v) is 5.89. The number of rotatable bonds is 6. The lowest BCUT2D eigenvalue weighted by atomic mass is 9.82. The van der Waals surface area contributed by atoms with Gasteiger partial charge >= 0.3 is 0 Å². The van der Waals surface area contributed by atoms with Crippen LogP contribution in [0.1, 0.15) is 69.2 Å². The van der Waals surface area contributed by atoms with E-state index >= 15 is 0 Å². The first-order valence-electron chi connectivity index (χ1n) is 8.16. The molecule has 1 N–H and O–H groups in total. The van der Waals surface area contributed by atoms with Crippen LogP contribution in [0.15, 0.2) is 17.5 Å². The lowest BCUT2D eigenvalue weighted by Crippen LogP contribution is -2.37. The molecular weight excluding hydrogens is 250 g/mol. The number of thiophene rings is 1. The lowest BCUT2D eigenvalue weighted by molar-refractivity contribution is 0.244. The molecule has 1 aromatic heterocycles. The van der Waals surface area contributed by atoms with Crippen LogP contribution < -0.4 is 5.32 Å². The molecule has 2 saturated carbocycles. The third-order valence-electron chi connectivity index (χ3n) is 4.90. The van der Waals surface area contributed by atoms with Gasteiger partial charge in [0, 0.05) is 17.0 Å². The van der Waals surface area contributed by atoms with Crippen molar-refractivity contribution in [1.82, 2.24) is 5.32 Å². The number of hydrogen-bond acceptors (Lipinski definition) is 2. The zero-order valence-corrected chi connectivity index (χ0v) is 12.9. The molecule has 3 unspecified atom stereocenters. The Kier molecular flexibility index (Phi) is 4.60. The maximum Gasteiger partial charge on any atom is 0.0416 e. The van der Waals surface area contributed by atoms with E-state index in [4.69, 9.17) is 0 Å². The molecule has 0 saturated heterocycles. The van der Waals surface area contributed by atoms with Crippen LogP contribution >= 0.6 is 11.3 Å². The van der Waals surface area contributed by atoms with Crippen LogP contribution in [-0.2, 0) is 0 Å². The molecule has 0 aromatic carbocycles. The minimum Gasteiger partial charge on any atom is -0.306 e. The van der Waals surface area contributed by atoms with Gasteiger partial charge in [-0.2, -0.15) is 0 Å². The topological polar surface area (TPSA) is 12.0 Å². The fourth-order valence-electron chi connectivity index (χ4n) is 3.75. The summed E-state index contributed by atoms with van der Waals surface area (Å²) in [5, 5.41) is 6.20. The molecule has 106 valence electrons. The van der Waals surface area contributed by atoms with Gasteiger partial charge in [-0.1, -0.05) is 32.3 Å². The van der Waals surface area contributed by atoms with Crippen molar-refractivity contribution in [2.45, 2.75) is 70.4 Å². The van der Waals surface area contributed by atoms with Crippen molar-refractivity contribution >= 4 is 11.3 Å². The summed E-state index contributed by atoms with van der Waals surface area (Å²) >= 11 is 1.92. The molecule has 2 aliphatic carbocycles. The molecule has 1 aromatic rings. The molecule has 2 heteroatoms. The second-order valence-corrected chi connectivity index (χ2v) is 7.46. The summed E-state index contributed by atoms with van der Waals surface area (Å²) in [4.78, 5) is 1.54. The predicted octanol–water partition coefficient (Wildman–Crippen LogP) is 5.15. The monoisotopic (exact) mass is 277 g/mol. The van der Waals surface area contributed by atoms with Crippen LogP contribution in [0.2, 0.25) is 0 Å². The van der Waals surface area contributed by atoms with Gasteiger partial charge in [0.1, 0.15) is 0 Å². The van der Waals surface area contributed by atoms with Gasteiger partial charge in [-0.3, -0.25) is 0 Å². The van der Waals surface area contributed by atoms with Crippen LogP contribution in [0.4, 0.5) is 0 Å². The molecule has 1 heterocycles. The Labute approximate surface area is 121 Å². The van der Waals surface area contributed by atoms with Crippen LogP contribution in [0.3, 0.4) is 0 Å². The van der Waals surface area contributed by atoms with E-state index in [2.05, 4.69) is 29.8 Å². The summed E-state index contributed by atoms with van der Waals surface area (Å²) in [6.45, 7) is 2.30. The smallest absolute Gasteiger partial charge is 0.0416 e. The Morgan fingerprint density at radius 2 is 2.16 bits per heavy atom. The van der Waals surface area contributed by atoms with Crippen LogP contribution in [0.5, 0.6) is 0 Å². The van der Waals surface area contributed by atoms with E-state index in [-0.39, 0.29) is 0 Å². The molecule has 0 amide bonds. The van der Waals surface area contributed by atoms with Crippen molar-refractivity contribution in [3.8, 4) is 0 Å². The van der Waals surface area contributed by atoms with E-state index in [0.717, 1.165) is 17.9 Å². The Balaban J connectivity index is 1.58. The Hall–Kier alpha value is -0.340. The lowest BCUT2D eigenvalue weighted by Gasteiger charge is -2.33. The van der Waals surface area contributed by atoms with E-state index in [1.165, 1.54) is 56.2 Å². The maximum absolute atomic E-state index is 3.98. The van der Waals surface area contributed by atoms with Gasteiger partial charge in [-0.25, -0.2) is 0 Å². The van der Waals surface area contributed by atoms with Gasteiger partial charge in [0.05, 0.1) is 0 Å². The summed E-state index contributed by atoms with van der Waals surface area (Å²) < 4.78 is 0. The van der Waals surface area contributed by atoms with Gasteiger partial charge < -0.3 is 5.32 Å². The average Bonchev–Trinajstić information content (AvgIpc) is 3.14. The highest BCUT2D eigenvalue weighted by molar-refractivity contribution is 7.10. The fourth-order valence-corrected chi connectivity index (χ4v) is 4.57. The normalized spacial score (nSPS) is 29.3. The van der Waals surface area contributed by atoms with Crippen molar-refractivity contribution in [3.05, 3.63) is 22.4 Å². The van der Waals surface area contributed by atoms with Crippen molar-refractivity contribution in [2.24, 2.45) is 11.8 Å². The highest BCUT2D eigenvalue weighted by Gasteiger charge is 2.35. The highest BCUT2D eigenvalue weighted by Crippen LogP contribution is 2.44. The maximum atomic E-state index is 3.98. The SMILES string of the molecule is CCCC(NC1CCCC(C2CC2)C1)c1cccs1. The summed E-state index contributed by atoms with van der Waals surface area (Å²) in [5.41, 5.74) is 0. The quantitative estimate of drug-likeness (QED) is 0.758. The molecule has 3 rings (SSSR count). The number of hydrogen-bond donors (Lipinski definition) is 1. The standard InChI is InChI=1S/C17H27NS/c1-2-5-16(17-8-4-11-19-17)18-15-7-3-6-14(12-15)13-9-10-13/h4,8,11,13-16,18H,2-3,5-7,9-10,12H2,1H3. The van der Waals surface area contributed by atoms with Gasteiger partial charge in [-0.05, 0) is 55.4 Å². The Bertz CT molecular complexity index is 369. The van der Waals surface area contributed by atoms with E-state index in [9.17, 15) is 0 Å². The Morgan fingerprint density at radius 1 is 1.26 bits per heavy atom. The van der Waals surface area contributed by atoms with E-state index in [0.29, 0.717) is 6.04 Å². The molecule has 2 fully saturated rings. The first-order valence-corrected chi connectivity index (χ1v) is 9.04. The molecule has 1 nitrogen and oxygen atoms in total. The van der Waals surface area contributed by atoms with Crippen molar-refractivity contribution in [3.63, 3.8) is 0 Å². The van der Waals surface area contributed by atoms with Gasteiger partial charge in [0.15, 0.2) is 0 Å². The zero-order valence-electron chi connectivity index (χ0n) is 12.1. The molecule has 2 aliphatic rings. The zero-order chi connectivity index (χ0) is 13.1. The van der Waals surface area contributed by atoms with Crippen molar-refractivity contribution in [1.29, 1.82) is 0 Å². The summed E-state index contributed by atoms with van der Waals surface area (Å²) in [6.07, 6.45) is 11.4. The van der Waals surface area contributed by atoms with E-state index in [1.54, 1.807) is 0 Å².